The second kappa shape index (κ2) is 4.41. The summed E-state index contributed by atoms with van der Waals surface area (Å²) in [5.74, 6) is 0.945. The van der Waals surface area contributed by atoms with Gasteiger partial charge in [0.1, 0.15) is 0 Å². The van der Waals surface area contributed by atoms with Gasteiger partial charge in [0.25, 0.3) is 0 Å². The topological polar surface area (TPSA) is 12.0 Å². The number of hydrogen-bond acceptors (Lipinski definition) is 1. The maximum absolute atomic E-state index is 6.03. The highest BCUT2D eigenvalue weighted by molar-refractivity contribution is 6.43. The lowest BCUT2D eigenvalue weighted by Gasteiger charge is -2.08. The van der Waals surface area contributed by atoms with Crippen molar-refractivity contribution >= 4 is 28.9 Å². The molecule has 1 aromatic rings. The van der Waals surface area contributed by atoms with Gasteiger partial charge in [0.15, 0.2) is 0 Å². The van der Waals surface area contributed by atoms with Gasteiger partial charge >= 0.3 is 0 Å². The molecule has 0 aromatic heterocycles. The molecule has 1 saturated carbocycles. The van der Waals surface area contributed by atoms with Gasteiger partial charge in [-0.2, -0.15) is 0 Å². The molecule has 0 unspecified atom stereocenters. The summed E-state index contributed by atoms with van der Waals surface area (Å²) in [4.78, 5) is 0. The van der Waals surface area contributed by atoms with Gasteiger partial charge in [-0.1, -0.05) is 42.1 Å². The van der Waals surface area contributed by atoms with Crippen molar-refractivity contribution in [2.75, 3.05) is 11.9 Å². The minimum absolute atomic E-state index is 0.614. The molecular weight excluding hydrogens is 217 g/mol. The van der Waals surface area contributed by atoms with Crippen molar-refractivity contribution in [1.29, 1.82) is 0 Å². The minimum Gasteiger partial charge on any atom is -0.384 e. The van der Waals surface area contributed by atoms with Gasteiger partial charge < -0.3 is 5.32 Å². The van der Waals surface area contributed by atoms with Crippen molar-refractivity contribution in [1.82, 2.24) is 0 Å². The average molecular weight is 230 g/mol. The zero-order valence-electron chi connectivity index (χ0n) is 7.89. The summed E-state index contributed by atoms with van der Waals surface area (Å²) in [6.07, 6.45) is 4.03. The van der Waals surface area contributed by atoms with Gasteiger partial charge in [0.2, 0.25) is 0 Å². The molecule has 3 heteroatoms. The molecule has 0 spiro atoms. The normalized spacial score (nSPS) is 15.6. The van der Waals surface area contributed by atoms with Crippen molar-refractivity contribution in [3.63, 3.8) is 0 Å². The first-order chi connectivity index (χ1) is 6.77. The molecule has 1 aliphatic carbocycles. The Labute approximate surface area is 94.4 Å². The van der Waals surface area contributed by atoms with Gasteiger partial charge in [-0.15, -0.1) is 0 Å². The van der Waals surface area contributed by atoms with E-state index in [2.05, 4.69) is 5.32 Å². The van der Waals surface area contributed by atoms with E-state index >= 15 is 0 Å². The highest BCUT2D eigenvalue weighted by Crippen LogP contribution is 2.33. The summed E-state index contributed by atoms with van der Waals surface area (Å²) in [7, 11) is 0. The van der Waals surface area contributed by atoms with Crippen molar-refractivity contribution in [2.24, 2.45) is 5.92 Å². The Morgan fingerprint density at radius 3 is 2.79 bits per heavy atom. The highest BCUT2D eigenvalue weighted by Gasteiger charge is 2.20. The molecule has 14 heavy (non-hydrogen) atoms. The smallest absolute Gasteiger partial charge is 0.0823 e. The average Bonchev–Trinajstić information content (AvgIpc) is 2.96. The van der Waals surface area contributed by atoms with Gasteiger partial charge in [0, 0.05) is 6.54 Å². The van der Waals surface area contributed by atoms with Crippen LogP contribution in [0.15, 0.2) is 18.2 Å². The zero-order valence-corrected chi connectivity index (χ0v) is 9.41. The molecule has 76 valence electrons. The molecule has 0 amide bonds. The standard InChI is InChI=1S/C11H13Cl2N/c12-9-2-1-3-10(11(9)13)14-7-6-8-4-5-8/h1-3,8,14H,4-7H2. The van der Waals surface area contributed by atoms with E-state index < -0.39 is 0 Å². The molecule has 2 rings (SSSR count). The van der Waals surface area contributed by atoms with Gasteiger partial charge in [-0.05, 0) is 24.5 Å². The van der Waals surface area contributed by atoms with Crippen molar-refractivity contribution in [3.05, 3.63) is 28.2 Å². The lowest BCUT2D eigenvalue weighted by Crippen LogP contribution is -2.02. The quantitative estimate of drug-likeness (QED) is 0.817. The summed E-state index contributed by atoms with van der Waals surface area (Å²) in [5.41, 5.74) is 0.944. The Kier molecular flexibility index (Phi) is 3.19. The van der Waals surface area contributed by atoms with Crippen LogP contribution in [-0.2, 0) is 0 Å². The van der Waals surface area contributed by atoms with Crippen LogP contribution >= 0.6 is 23.2 Å². The molecule has 0 bridgehead atoms. The number of benzene rings is 1. The lowest BCUT2D eigenvalue weighted by molar-refractivity contribution is 0.760. The van der Waals surface area contributed by atoms with Crippen molar-refractivity contribution < 1.29 is 0 Å². The third-order valence-corrected chi connectivity index (χ3v) is 3.34. The van der Waals surface area contributed by atoms with E-state index in [1.165, 1.54) is 19.3 Å². The molecule has 0 radical (unpaired) electrons. The summed E-state index contributed by atoms with van der Waals surface area (Å²) in [6, 6.07) is 5.67. The van der Waals surface area contributed by atoms with E-state index in [-0.39, 0.29) is 0 Å². The first-order valence-corrected chi connectivity index (χ1v) is 5.71. The van der Waals surface area contributed by atoms with Crippen LogP contribution in [0.4, 0.5) is 5.69 Å². The van der Waals surface area contributed by atoms with Gasteiger partial charge in [-0.25, -0.2) is 0 Å². The van der Waals surface area contributed by atoms with Crippen LogP contribution in [0.2, 0.25) is 10.0 Å². The Morgan fingerprint density at radius 2 is 2.07 bits per heavy atom. The summed E-state index contributed by atoms with van der Waals surface area (Å²) >= 11 is 11.9. The van der Waals surface area contributed by atoms with Crippen LogP contribution in [0.3, 0.4) is 0 Å². The maximum atomic E-state index is 6.03. The van der Waals surface area contributed by atoms with Crippen LogP contribution in [0, 0.1) is 5.92 Å². The first-order valence-electron chi connectivity index (χ1n) is 4.95. The van der Waals surface area contributed by atoms with E-state index in [4.69, 9.17) is 23.2 Å². The molecule has 1 nitrogen and oxygen atoms in total. The molecule has 0 heterocycles. The first kappa shape index (κ1) is 10.1. The number of halogens is 2. The molecule has 1 N–H and O–H groups in total. The third-order valence-electron chi connectivity index (χ3n) is 2.52. The van der Waals surface area contributed by atoms with Crippen molar-refractivity contribution in [3.8, 4) is 0 Å². The molecule has 0 aliphatic heterocycles. The molecule has 0 saturated heterocycles. The van der Waals surface area contributed by atoms with E-state index in [9.17, 15) is 0 Å². The fourth-order valence-corrected chi connectivity index (χ4v) is 1.83. The lowest BCUT2D eigenvalue weighted by atomic mass is 10.2. The van der Waals surface area contributed by atoms with E-state index in [0.29, 0.717) is 10.0 Å². The molecule has 1 fully saturated rings. The number of rotatable bonds is 4. The fraction of sp³-hybridized carbons (Fsp3) is 0.455. The van der Waals surface area contributed by atoms with Crippen LogP contribution in [0.1, 0.15) is 19.3 Å². The van der Waals surface area contributed by atoms with E-state index in [1.54, 1.807) is 6.07 Å². The van der Waals surface area contributed by atoms with E-state index in [0.717, 1.165) is 18.2 Å². The number of nitrogens with one attached hydrogen (secondary N) is 1. The Morgan fingerprint density at radius 1 is 1.29 bits per heavy atom. The zero-order chi connectivity index (χ0) is 9.97. The predicted octanol–water partition coefficient (Wildman–Crippen LogP) is 4.21. The predicted molar refractivity (Wildman–Crippen MR) is 62.3 cm³/mol. The van der Waals surface area contributed by atoms with Crippen molar-refractivity contribution in [2.45, 2.75) is 19.3 Å². The van der Waals surface area contributed by atoms with Crippen LogP contribution in [0.25, 0.3) is 0 Å². The third kappa shape index (κ3) is 2.55. The summed E-state index contributed by atoms with van der Waals surface area (Å²) in [5, 5.41) is 4.55. The van der Waals surface area contributed by atoms with Crippen LogP contribution in [0.5, 0.6) is 0 Å². The Hall–Kier alpha value is -0.400. The Bertz CT molecular complexity index is 321. The minimum atomic E-state index is 0.614. The summed E-state index contributed by atoms with van der Waals surface area (Å²) < 4.78 is 0. The molecular formula is C11H13Cl2N. The molecule has 1 aliphatic rings. The monoisotopic (exact) mass is 229 g/mol. The highest BCUT2D eigenvalue weighted by atomic mass is 35.5. The number of hydrogen-bond donors (Lipinski definition) is 1. The molecule has 1 aromatic carbocycles. The maximum Gasteiger partial charge on any atom is 0.0823 e. The summed E-state index contributed by atoms with van der Waals surface area (Å²) in [6.45, 7) is 0.991. The Balaban J connectivity index is 1.90. The SMILES string of the molecule is Clc1cccc(NCCC2CC2)c1Cl. The van der Waals surface area contributed by atoms with Crippen LogP contribution in [-0.4, -0.2) is 6.54 Å². The largest absolute Gasteiger partial charge is 0.384 e. The molecule has 0 atom stereocenters. The fourth-order valence-electron chi connectivity index (χ4n) is 1.46. The number of anilines is 1. The van der Waals surface area contributed by atoms with Gasteiger partial charge in [0.05, 0.1) is 15.7 Å². The van der Waals surface area contributed by atoms with Crippen LogP contribution < -0.4 is 5.32 Å². The second-order valence-electron chi connectivity index (χ2n) is 3.76. The second-order valence-corrected chi connectivity index (χ2v) is 4.55. The van der Waals surface area contributed by atoms with Gasteiger partial charge in [-0.3, -0.25) is 0 Å². The van der Waals surface area contributed by atoms with E-state index in [1.807, 2.05) is 12.1 Å².